The molecule has 2 N–H and O–H groups in total. The zero-order chi connectivity index (χ0) is 14.3. The lowest BCUT2D eigenvalue weighted by atomic mass is 10.0. The van der Waals surface area contributed by atoms with Crippen molar-refractivity contribution in [1.82, 2.24) is 9.97 Å². The molecule has 0 bridgehead atoms. The highest BCUT2D eigenvalue weighted by atomic mass is 79.9. The van der Waals surface area contributed by atoms with E-state index in [4.69, 9.17) is 0 Å². The van der Waals surface area contributed by atoms with E-state index in [2.05, 4.69) is 25.9 Å². The van der Waals surface area contributed by atoms with Crippen molar-refractivity contribution in [2.24, 2.45) is 0 Å². The molecule has 0 radical (unpaired) electrons. The van der Waals surface area contributed by atoms with Gasteiger partial charge in [0.25, 0.3) is 0 Å². The third-order valence-electron chi connectivity index (χ3n) is 3.21. The number of aryl methyl sites for hydroxylation is 1. The molecule has 0 unspecified atom stereocenters. The van der Waals surface area contributed by atoms with Crippen LogP contribution in [0.3, 0.4) is 0 Å². The molecule has 20 heavy (non-hydrogen) atoms. The van der Waals surface area contributed by atoms with E-state index in [1.165, 1.54) is 0 Å². The number of rotatable bonds is 2. The monoisotopic (exact) mass is 330 g/mol. The summed E-state index contributed by atoms with van der Waals surface area (Å²) in [5.41, 5.74) is 3.28. The SMILES string of the molecule is Cc1ccc(C(=O)c2ccc3[nH]c(=O)[nH]c3c2)cc1Br. The molecule has 3 rings (SSSR count). The smallest absolute Gasteiger partial charge is 0.306 e. The molecule has 5 heteroatoms. The van der Waals surface area contributed by atoms with Gasteiger partial charge >= 0.3 is 5.69 Å². The van der Waals surface area contributed by atoms with Gasteiger partial charge < -0.3 is 9.97 Å². The summed E-state index contributed by atoms with van der Waals surface area (Å²) in [5, 5.41) is 0. The van der Waals surface area contributed by atoms with E-state index >= 15 is 0 Å². The Morgan fingerprint density at radius 3 is 2.40 bits per heavy atom. The first-order chi connectivity index (χ1) is 9.54. The molecule has 0 saturated heterocycles. The molecule has 0 aliphatic heterocycles. The Hall–Kier alpha value is -2.14. The standard InChI is InChI=1S/C15H11BrN2O2/c1-8-2-3-9(6-11(8)16)14(19)10-4-5-12-13(7-10)18-15(20)17-12/h2-7H,1H3,(H2,17,18,20). The molecule has 0 amide bonds. The van der Waals surface area contributed by atoms with E-state index in [0.29, 0.717) is 22.2 Å². The average Bonchev–Trinajstić information content (AvgIpc) is 2.80. The van der Waals surface area contributed by atoms with Crippen LogP contribution in [0.2, 0.25) is 0 Å². The molecule has 0 spiro atoms. The summed E-state index contributed by atoms with van der Waals surface area (Å²) < 4.78 is 0.902. The molecule has 0 aliphatic carbocycles. The number of carbonyl (C=O) groups excluding carboxylic acids is 1. The third kappa shape index (κ3) is 2.20. The maximum absolute atomic E-state index is 12.4. The lowest BCUT2D eigenvalue weighted by Crippen LogP contribution is -2.01. The van der Waals surface area contributed by atoms with E-state index in [0.717, 1.165) is 10.0 Å². The van der Waals surface area contributed by atoms with Crippen LogP contribution in [0.15, 0.2) is 45.7 Å². The Bertz CT molecular complexity index is 877. The van der Waals surface area contributed by atoms with Crippen molar-refractivity contribution in [3.05, 3.63) is 68.0 Å². The number of carbonyl (C=O) groups is 1. The predicted octanol–water partition coefficient (Wildman–Crippen LogP) is 3.16. The fourth-order valence-corrected chi connectivity index (χ4v) is 2.45. The first-order valence-electron chi connectivity index (χ1n) is 6.07. The minimum atomic E-state index is -0.275. The summed E-state index contributed by atoms with van der Waals surface area (Å²) in [4.78, 5) is 29.0. The normalized spacial score (nSPS) is 10.9. The Balaban J connectivity index is 2.07. The molecular formula is C15H11BrN2O2. The Kier molecular flexibility index (Phi) is 3.06. The summed E-state index contributed by atoms with van der Waals surface area (Å²) in [6.07, 6.45) is 0. The van der Waals surface area contributed by atoms with Crippen molar-refractivity contribution in [3.8, 4) is 0 Å². The summed E-state index contributed by atoms with van der Waals surface area (Å²) in [7, 11) is 0. The quantitative estimate of drug-likeness (QED) is 0.709. The van der Waals surface area contributed by atoms with Crippen LogP contribution in [0.5, 0.6) is 0 Å². The van der Waals surface area contributed by atoms with E-state index in [1.54, 1.807) is 24.3 Å². The number of aromatic amines is 2. The number of nitrogens with one attached hydrogen (secondary N) is 2. The van der Waals surface area contributed by atoms with Crippen LogP contribution in [0.4, 0.5) is 0 Å². The Morgan fingerprint density at radius 2 is 1.65 bits per heavy atom. The van der Waals surface area contributed by atoms with Gasteiger partial charge in [-0.05, 0) is 36.8 Å². The molecule has 0 aliphatic rings. The number of hydrogen-bond donors (Lipinski definition) is 2. The number of fused-ring (bicyclic) bond motifs is 1. The number of halogens is 1. The lowest BCUT2D eigenvalue weighted by Gasteiger charge is -2.04. The molecule has 1 heterocycles. The van der Waals surface area contributed by atoms with Gasteiger partial charge in [-0.3, -0.25) is 4.79 Å². The van der Waals surface area contributed by atoms with Gasteiger partial charge in [0.1, 0.15) is 0 Å². The summed E-state index contributed by atoms with van der Waals surface area (Å²) in [6, 6.07) is 10.6. The number of aromatic nitrogens is 2. The predicted molar refractivity (Wildman–Crippen MR) is 81.2 cm³/mol. The summed E-state index contributed by atoms with van der Waals surface area (Å²) in [5.74, 6) is -0.0744. The zero-order valence-electron chi connectivity index (χ0n) is 10.7. The topological polar surface area (TPSA) is 65.7 Å². The van der Waals surface area contributed by atoms with Gasteiger partial charge in [0.05, 0.1) is 11.0 Å². The maximum Gasteiger partial charge on any atom is 0.323 e. The van der Waals surface area contributed by atoms with Crippen molar-refractivity contribution in [3.63, 3.8) is 0 Å². The van der Waals surface area contributed by atoms with Crippen LogP contribution in [-0.4, -0.2) is 15.8 Å². The van der Waals surface area contributed by atoms with Gasteiger partial charge in [0.2, 0.25) is 0 Å². The van der Waals surface area contributed by atoms with Crippen molar-refractivity contribution in [2.75, 3.05) is 0 Å². The van der Waals surface area contributed by atoms with Crippen molar-refractivity contribution in [2.45, 2.75) is 6.92 Å². The minimum Gasteiger partial charge on any atom is -0.306 e. The van der Waals surface area contributed by atoms with Gasteiger partial charge in [0.15, 0.2) is 5.78 Å². The molecular weight excluding hydrogens is 320 g/mol. The van der Waals surface area contributed by atoms with Crippen LogP contribution in [0.25, 0.3) is 11.0 Å². The van der Waals surface area contributed by atoms with E-state index in [-0.39, 0.29) is 11.5 Å². The molecule has 3 aromatic rings. The molecule has 2 aromatic carbocycles. The number of imidazole rings is 1. The fourth-order valence-electron chi connectivity index (χ4n) is 2.07. The van der Waals surface area contributed by atoms with Gasteiger partial charge in [-0.1, -0.05) is 28.1 Å². The minimum absolute atomic E-state index is 0.0744. The summed E-state index contributed by atoms with van der Waals surface area (Å²) >= 11 is 3.43. The molecule has 0 saturated carbocycles. The average molecular weight is 331 g/mol. The Morgan fingerprint density at radius 1 is 1.00 bits per heavy atom. The number of H-pyrrole nitrogens is 2. The molecule has 0 atom stereocenters. The highest BCUT2D eigenvalue weighted by molar-refractivity contribution is 9.10. The third-order valence-corrected chi connectivity index (χ3v) is 4.07. The van der Waals surface area contributed by atoms with Crippen LogP contribution >= 0.6 is 15.9 Å². The maximum atomic E-state index is 12.4. The first kappa shape index (κ1) is 12.9. The fraction of sp³-hybridized carbons (Fsp3) is 0.0667. The molecule has 1 aromatic heterocycles. The van der Waals surface area contributed by atoms with Gasteiger partial charge in [-0.15, -0.1) is 0 Å². The van der Waals surface area contributed by atoms with Gasteiger partial charge in [0, 0.05) is 15.6 Å². The number of hydrogen-bond acceptors (Lipinski definition) is 2. The molecule has 4 nitrogen and oxygen atoms in total. The van der Waals surface area contributed by atoms with E-state index in [1.807, 2.05) is 19.1 Å². The van der Waals surface area contributed by atoms with Crippen LogP contribution in [-0.2, 0) is 0 Å². The molecule has 0 fully saturated rings. The van der Waals surface area contributed by atoms with E-state index in [9.17, 15) is 9.59 Å². The second kappa shape index (κ2) is 4.76. The second-order valence-corrected chi connectivity index (χ2v) is 5.49. The van der Waals surface area contributed by atoms with Crippen LogP contribution < -0.4 is 5.69 Å². The Labute approximate surface area is 123 Å². The first-order valence-corrected chi connectivity index (χ1v) is 6.87. The highest BCUT2D eigenvalue weighted by Crippen LogP contribution is 2.20. The number of benzene rings is 2. The van der Waals surface area contributed by atoms with Crippen LogP contribution in [0.1, 0.15) is 21.5 Å². The van der Waals surface area contributed by atoms with Gasteiger partial charge in [-0.25, -0.2) is 4.79 Å². The van der Waals surface area contributed by atoms with Crippen LogP contribution in [0, 0.1) is 6.92 Å². The lowest BCUT2D eigenvalue weighted by molar-refractivity contribution is 0.103. The van der Waals surface area contributed by atoms with Crippen molar-refractivity contribution >= 4 is 32.7 Å². The zero-order valence-corrected chi connectivity index (χ0v) is 12.2. The largest absolute Gasteiger partial charge is 0.323 e. The van der Waals surface area contributed by atoms with Crippen molar-refractivity contribution < 1.29 is 4.79 Å². The van der Waals surface area contributed by atoms with Crippen molar-refractivity contribution in [1.29, 1.82) is 0 Å². The summed E-state index contributed by atoms with van der Waals surface area (Å²) in [6.45, 7) is 1.97. The second-order valence-electron chi connectivity index (χ2n) is 4.63. The van der Waals surface area contributed by atoms with E-state index < -0.39 is 0 Å². The number of ketones is 1. The van der Waals surface area contributed by atoms with Gasteiger partial charge in [-0.2, -0.15) is 0 Å². The highest BCUT2D eigenvalue weighted by Gasteiger charge is 2.11. The molecule has 100 valence electrons.